The summed E-state index contributed by atoms with van der Waals surface area (Å²) in [6.45, 7) is 2.18. The van der Waals surface area contributed by atoms with Crippen LogP contribution in [0.4, 0.5) is 5.82 Å². The normalized spacial score (nSPS) is 20.9. The number of hydrogen-bond acceptors (Lipinski definition) is 8. The number of nitrogens with zero attached hydrogens (tertiary/aromatic N) is 4. The first-order valence-electron chi connectivity index (χ1n) is 7.34. The number of anilines is 1. The SMILES string of the molecule is CCC(=O)NSOCC1CCC(n2cnc3c(N)ncnc32)O1. The van der Waals surface area contributed by atoms with Crippen molar-refractivity contribution in [2.24, 2.45) is 0 Å². The van der Waals surface area contributed by atoms with E-state index in [1.54, 1.807) is 13.3 Å². The van der Waals surface area contributed by atoms with Gasteiger partial charge in [0.1, 0.15) is 30.3 Å². The average molecular weight is 338 g/mol. The third-order valence-electron chi connectivity index (χ3n) is 3.57. The van der Waals surface area contributed by atoms with Crippen molar-refractivity contribution in [3.05, 3.63) is 12.7 Å². The van der Waals surface area contributed by atoms with Crippen LogP contribution >= 0.6 is 12.2 Å². The molecule has 0 spiro atoms. The Morgan fingerprint density at radius 2 is 2.39 bits per heavy atom. The fourth-order valence-electron chi connectivity index (χ4n) is 2.35. The van der Waals surface area contributed by atoms with E-state index in [0.717, 1.165) is 25.1 Å². The summed E-state index contributed by atoms with van der Waals surface area (Å²) in [6, 6.07) is 0. The Bertz CT molecular complexity index is 693. The summed E-state index contributed by atoms with van der Waals surface area (Å²) in [6.07, 6.45) is 5.00. The summed E-state index contributed by atoms with van der Waals surface area (Å²) in [5, 5.41) is 0. The van der Waals surface area contributed by atoms with Gasteiger partial charge in [0.15, 0.2) is 11.5 Å². The van der Waals surface area contributed by atoms with E-state index in [9.17, 15) is 4.79 Å². The van der Waals surface area contributed by atoms with Crippen LogP contribution in [0.25, 0.3) is 11.2 Å². The molecule has 1 aliphatic rings. The van der Waals surface area contributed by atoms with Crippen molar-refractivity contribution in [1.82, 2.24) is 24.2 Å². The minimum atomic E-state index is -0.155. The van der Waals surface area contributed by atoms with Crippen LogP contribution in [0.3, 0.4) is 0 Å². The summed E-state index contributed by atoms with van der Waals surface area (Å²) >= 11 is 0.940. The average Bonchev–Trinajstić information content (AvgIpc) is 3.18. The number of nitrogens with one attached hydrogen (secondary N) is 1. The van der Waals surface area contributed by atoms with Gasteiger partial charge in [-0.3, -0.25) is 18.3 Å². The zero-order chi connectivity index (χ0) is 16.2. The van der Waals surface area contributed by atoms with Crippen molar-refractivity contribution in [2.45, 2.75) is 38.5 Å². The highest BCUT2D eigenvalue weighted by Gasteiger charge is 2.28. The van der Waals surface area contributed by atoms with Crippen molar-refractivity contribution in [3.63, 3.8) is 0 Å². The molecule has 1 aliphatic heterocycles. The number of aromatic nitrogens is 4. The lowest BCUT2D eigenvalue weighted by molar-refractivity contribution is -0.119. The van der Waals surface area contributed by atoms with Crippen molar-refractivity contribution in [1.29, 1.82) is 0 Å². The third kappa shape index (κ3) is 3.54. The number of carbonyl (C=O) groups excluding carboxylic acids is 1. The second kappa shape index (κ2) is 7.11. The molecule has 2 aromatic rings. The van der Waals surface area contributed by atoms with E-state index in [-0.39, 0.29) is 18.2 Å². The van der Waals surface area contributed by atoms with Gasteiger partial charge >= 0.3 is 0 Å². The molecule has 2 unspecified atom stereocenters. The molecular formula is C13H18N6O3S. The molecule has 1 saturated heterocycles. The standard InChI is InChI=1S/C13H18N6O3S/c1-2-9(20)18-23-21-5-8-3-4-10(22-8)19-7-17-11-12(14)15-6-16-13(11)19/h6-8,10H,2-5H2,1H3,(H,18,20)(H2,14,15,16). The number of nitrogen functional groups attached to an aromatic ring is 1. The lowest BCUT2D eigenvalue weighted by atomic mass is 10.2. The number of amides is 1. The highest BCUT2D eigenvalue weighted by Crippen LogP contribution is 2.31. The summed E-state index contributed by atoms with van der Waals surface area (Å²) < 4.78 is 15.7. The van der Waals surface area contributed by atoms with Gasteiger partial charge in [-0.1, -0.05) is 6.92 Å². The Morgan fingerprint density at radius 3 is 3.22 bits per heavy atom. The fourth-order valence-corrected chi connectivity index (χ4v) is 2.87. The van der Waals surface area contributed by atoms with Gasteiger partial charge in [-0.15, -0.1) is 0 Å². The molecule has 1 fully saturated rings. The van der Waals surface area contributed by atoms with Gasteiger partial charge in [0.05, 0.1) is 19.0 Å². The van der Waals surface area contributed by atoms with Crippen molar-refractivity contribution in [3.8, 4) is 0 Å². The van der Waals surface area contributed by atoms with Crippen LogP contribution in [0, 0.1) is 0 Å². The predicted molar refractivity (Wildman–Crippen MR) is 84.9 cm³/mol. The Kier molecular flexibility index (Phi) is 4.94. The summed E-state index contributed by atoms with van der Waals surface area (Å²) in [5.41, 5.74) is 7.03. The molecular weight excluding hydrogens is 320 g/mol. The molecule has 124 valence electrons. The molecule has 0 aliphatic carbocycles. The van der Waals surface area contributed by atoms with Gasteiger partial charge in [0.25, 0.3) is 0 Å². The van der Waals surface area contributed by atoms with Gasteiger partial charge in [-0.05, 0) is 12.8 Å². The lowest BCUT2D eigenvalue weighted by Gasteiger charge is -2.15. The highest BCUT2D eigenvalue weighted by atomic mass is 32.2. The molecule has 23 heavy (non-hydrogen) atoms. The molecule has 3 rings (SSSR count). The Labute approximate surface area is 137 Å². The number of nitrogens with two attached hydrogens (primary N) is 1. The van der Waals surface area contributed by atoms with E-state index >= 15 is 0 Å². The molecule has 2 aromatic heterocycles. The molecule has 0 bridgehead atoms. The monoisotopic (exact) mass is 338 g/mol. The molecule has 3 N–H and O–H groups in total. The van der Waals surface area contributed by atoms with Crippen LogP contribution in [0.15, 0.2) is 12.7 Å². The van der Waals surface area contributed by atoms with Gasteiger partial charge < -0.3 is 10.5 Å². The largest absolute Gasteiger partial charge is 0.382 e. The number of rotatable bonds is 6. The number of ether oxygens (including phenoxy) is 1. The van der Waals surface area contributed by atoms with Crippen LogP contribution in [0.1, 0.15) is 32.4 Å². The molecule has 0 aromatic carbocycles. The summed E-state index contributed by atoms with van der Waals surface area (Å²) in [4.78, 5) is 23.5. The number of carbonyl (C=O) groups is 1. The lowest BCUT2D eigenvalue weighted by Crippen LogP contribution is -2.18. The van der Waals surface area contributed by atoms with Crippen LogP contribution in [0.2, 0.25) is 0 Å². The van der Waals surface area contributed by atoms with Gasteiger partial charge in [0, 0.05) is 6.42 Å². The van der Waals surface area contributed by atoms with Gasteiger partial charge in [-0.2, -0.15) is 0 Å². The van der Waals surface area contributed by atoms with Gasteiger partial charge in [-0.25, -0.2) is 15.0 Å². The maximum absolute atomic E-state index is 11.1. The summed E-state index contributed by atoms with van der Waals surface area (Å²) in [7, 11) is 0. The molecule has 10 heteroatoms. The molecule has 3 heterocycles. The number of imidazole rings is 1. The van der Waals surface area contributed by atoms with Gasteiger partial charge in [0.2, 0.25) is 5.91 Å². The maximum atomic E-state index is 11.1. The maximum Gasteiger partial charge on any atom is 0.231 e. The molecule has 0 radical (unpaired) electrons. The topological polar surface area (TPSA) is 117 Å². The molecule has 9 nitrogen and oxygen atoms in total. The minimum Gasteiger partial charge on any atom is -0.382 e. The second-order valence-corrected chi connectivity index (χ2v) is 5.73. The first-order valence-corrected chi connectivity index (χ1v) is 8.09. The Hall–Kier alpha value is -1.91. The first kappa shape index (κ1) is 16.0. The Morgan fingerprint density at radius 1 is 1.52 bits per heavy atom. The van der Waals surface area contributed by atoms with Crippen molar-refractivity contribution in [2.75, 3.05) is 12.3 Å². The van der Waals surface area contributed by atoms with E-state index in [1.165, 1.54) is 6.33 Å². The second-order valence-electron chi connectivity index (χ2n) is 5.12. The molecule has 2 atom stereocenters. The Balaban J connectivity index is 1.55. The zero-order valence-electron chi connectivity index (χ0n) is 12.6. The molecule has 0 saturated carbocycles. The van der Waals surface area contributed by atoms with Crippen molar-refractivity contribution < 1.29 is 13.7 Å². The van der Waals surface area contributed by atoms with Crippen LogP contribution in [-0.2, 0) is 13.7 Å². The van der Waals surface area contributed by atoms with Crippen LogP contribution in [0.5, 0.6) is 0 Å². The van der Waals surface area contributed by atoms with Crippen LogP contribution < -0.4 is 10.5 Å². The predicted octanol–water partition coefficient (Wildman–Crippen LogP) is 1.19. The third-order valence-corrected chi connectivity index (χ3v) is 4.14. The van der Waals surface area contributed by atoms with E-state index in [4.69, 9.17) is 14.7 Å². The first-order chi connectivity index (χ1) is 11.2. The highest BCUT2D eigenvalue weighted by molar-refractivity contribution is 7.93. The quantitative estimate of drug-likeness (QED) is 0.458. The number of hydrogen-bond donors (Lipinski definition) is 2. The summed E-state index contributed by atoms with van der Waals surface area (Å²) in [5.74, 6) is 0.289. The van der Waals surface area contributed by atoms with E-state index in [2.05, 4.69) is 19.7 Å². The number of fused-ring (bicyclic) bond motifs is 1. The zero-order valence-corrected chi connectivity index (χ0v) is 13.5. The van der Waals surface area contributed by atoms with E-state index < -0.39 is 0 Å². The fraction of sp³-hybridized carbons (Fsp3) is 0.538. The smallest absolute Gasteiger partial charge is 0.231 e. The molecule has 1 amide bonds. The van der Waals surface area contributed by atoms with E-state index in [0.29, 0.717) is 30.0 Å². The van der Waals surface area contributed by atoms with Crippen molar-refractivity contribution >= 4 is 35.1 Å². The van der Waals surface area contributed by atoms with E-state index in [1.807, 2.05) is 4.57 Å². The minimum absolute atomic E-state index is 0.0392. The van der Waals surface area contributed by atoms with Crippen LogP contribution in [-0.4, -0.2) is 38.1 Å².